The van der Waals surface area contributed by atoms with Gasteiger partial charge in [-0.15, -0.1) is 0 Å². The first-order valence-corrected chi connectivity index (χ1v) is 12.1. The highest BCUT2D eigenvalue weighted by molar-refractivity contribution is 7.99. The summed E-state index contributed by atoms with van der Waals surface area (Å²) in [5, 5.41) is 3.43. The van der Waals surface area contributed by atoms with Crippen molar-refractivity contribution in [2.24, 2.45) is 0 Å². The highest BCUT2D eigenvalue weighted by Crippen LogP contribution is 2.34. The zero-order chi connectivity index (χ0) is 25.0. The maximum Gasteiger partial charge on any atom is 0.249 e. The number of aromatic nitrogens is 3. The Labute approximate surface area is 208 Å². The molecule has 4 rings (SSSR count). The zero-order valence-corrected chi connectivity index (χ0v) is 20.9. The summed E-state index contributed by atoms with van der Waals surface area (Å²) >= 11 is 1.25. The summed E-state index contributed by atoms with van der Waals surface area (Å²) in [4.78, 5) is 41.4. The fourth-order valence-electron chi connectivity index (χ4n) is 3.62. The van der Waals surface area contributed by atoms with Crippen molar-refractivity contribution in [3.8, 4) is 11.5 Å². The van der Waals surface area contributed by atoms with Gasteiger partial charge in [-0.3, -0.25) is 14.6 Å². The number of rotatable bonds is 8. The number of pyridine rings is 1. The second-order valence-corrected chi connectivity index (χ2v) is 9.59. The molecule has 3 aromatic rings. The van der Waals surface area contributed by atoms with Crippen molar-refractivity contribution in [3.63, 3.8) is 0 Å². The molecule has 3 heterocycles. The number of nitrogens with one attached hydrogen (secondary N) is 1. The summed E-state index contributed by atoms with van der Waals surface area (Å²) in [5.74, 6) is 0.730. The molecular weight excluding hydrogens is 466 g/mol. The monoisotopic (exact) mass is 493 g/mol. The van der Waals surface area contributed by atoms with E-state index in [-0.39, 0.29) is 30.9 Å². The van der Waals surface area contributed by atoms with Crippen molar-refractivity contribution < 1.29 is 19.1 Å². The summed E-state index contributed by atoms with van der Waals surface area (Å²) in [6.07, 6.45) is 3.35. The Morgan fingerprint density at radius 1 is 1.09 bits per heavy atom. The third kappa shape index (κ3) is 5.89. The minimum atomic E-state index is -1.17. The number of carbonyl (C=O) groups is 2. The number of benzene rings is 1. The van der Waals surface area contributed by atoms with Gasteiger partial charge in [0.1, 0.15) is 5.54 Å². The molecule has 0 aliphatic carbocycles. The minimum absolute atomic E-state index is 0.0872. The van der Waals surface area contributed by atoms with Crippen molar-refractivity contribution in [2.75, 3.05) is 17.9 Å². The van der Waals surface area contributed by atoms with E-state index in [1.54, 1.807) is 55.4 Å². The van der Waals surface area contributed by atoms with Crippen LogP contribution in [0, 0.1) is 13.8 Å². The van der Waals surface area contributed by atoms with Crippen LogP contribution in [-0.2, 0) is 16.1 Å². The molecule has 0 saturated heterocycles. The highest BCUT2D eigenvalue weighted by Gasteiger charge is 2.38. The molecule has 1 aromatic carbocycles. The maximum absolute atomic E-state index is 13.5. The molecule has 1 N–H and O–H groups in total. The topological polar surface area (TPSA) is 107 Å². The summed E-state index contributed by atoms with van der Waals surface area (Å²) in [7, 11) is 0. The molecule has 2 amide bonds. The van der Waals surface area contributed by atoms with Gasteiger partial charge in [0.25, 0.3) is 0 Å². The number of fused-ring (bicyclic) bond motifs is 1. The number of nitrogens with zero attached hydrogens (tertiary/aromatic N) is 4. The van der Waals surface area contributed by atoms with Crippen LogP contribution in [0.25, 0.3) is 0 Å². The minimum Gasteiger partial charge on any atom is -0.454 e. The van der Waals surface area contributed by atoms with Gasteiger partial charge in [0, 0.05) is 42.1 Å². The molecule has 0 radical (unpaired) electrons. The Morgan fingerprint density at radius 3 is 2.54 bits per heavy atom. The Hall–Kier alpha value is -3.66. The third-order valence-corrected chi connectivity index (χ3v) is 6.34. The van der Waals surface area contributed by atoms with Gasteiger partial charge in [0.05, 0.1) is 5.75 Å². The van der Waals surface area contributed by atoms with Crippen molar-refractivity contribution in [1.82, 2.24) is 19.9 Å². The van der Waals surface area contributed by atoms with Crippen molar-refractivity contribution in [1.29, 1.82) is 0 Å². The van der Waals surface area contributed by atoms with Crippen LogP contribution in [0.3, 0.4) is 0 Å². The van der Waals surface area contributed by atoms with Gasteiger partial charge in [-0.25, -0.2) is 9.97 Å². The molecule has 9 nitrogen and oxygen atoms in total. The van der Waals surface area contributed by atoms with E-state index in [0.29, 0.717) is 22.3 Å². The average Bonchev–Trinajstić information content (AvgIpc) is 3.29. The summed E-state index contributed by atoms with van der Waals surface area (Å²) in [6.45, 7) is 7.59. The third-order valence-electron chi connectivity index (χ3n) is 5.51. The zero-order valence-electron chi connectivity index (χ0n) is 20.1. The van der Waals surface area contributed by atoms with Gasteiger partial charge in [0.15, 0.2) is 16.7 Å². The Morgan fingerprint density at radius 2 is 1.83 bits per heavy atom. The molecule has 0 saturated carbocycles. The smallest absolute Gasteiger partial charge is 0.249 e. The van der Waals surface area contributed by atoms with E-state index in [4.69, 9.17) is 9.47 Å². The van der Waals surface area contributed by atoms with Gasteiger partial charge in [-0.2, -0.15) is 0 Å². The first-order valence-electron chi connectivity index (χ1n) is 11.1. The average molecular weight is 494 g/mol. The number of ether oxygens (including phenoxy) is 2. The normalized spacial score (nSPS) is 12.3. The van der Waals surface area contributed by atoms with Crippen LogP contribution >= 0.6 is 11.8 Å². The van der Waals surface area contributed by atoms with E-state index >= 15 is 0 Å². The number of hydrogen-bond donors (Lipinski definition) is 1. The maximum atomic E-state index is 13.5. The predicted molar refractivity (Wildman–Crippen MR) is 132 cm³/mol. The van der Waals surface area contributed by atoms with Crippen molar-refractivity contribution >= 4 is 29.3 Å². The van der Waals surface area contributed by atoms with Gasteiger partial charge in [-0.05, 0) is 57.5 Å². The molecule has 182 valence electrons. The van der Waals surface area contributed by atoms with Gasteiger partial charge >= 0.3 is 0 Å². The standard InChI is InChI=1S/C25H27N5O4S/c1-16-10-17(2)28-24(27-16)35-14-22(31)30(13-18-6-5-9-26-12-18)25(3,4)23(32)29-19-7-8-20-21(11-19)34-15-33-20/h5-12H,13-15H2,1-4H3,(H,29,32). The molecule has 35 heavy (non-hydrogen) atoms. The van der Waals surface area contributed by atoms with Crippen LogP contribution < -0.4 is 14.8 Å². The van der Waals surface area contributed by atoms with Crippen molar-refractivity contribution in [2.45, 2.75) is 44.9 Å². The Bertz CT molecular complexity index is 1220. The number of thioether (sulfide) groups is 1. The first-order chi connectivity index (χ1) is 16.7. The molecular formula is C25H27N5O4S. The van der Waals surface area contributed by atoms with Crippen LogP contribution in [0.4, 0.5) is 5.69 Å². The molecule has 0 atom stereocenters. The van der Waals surface area contributed by atoms with Crippen LogP contribution in [-0.4, -0.2) is 49.8 Å². The summed E-state index contributed by atoms with van der Waals surface area (Å²) < 4.78 is 10.7. The molecule has 0 unspecified atom stereocenters. The molecule has 0 bridgehead atoms. The predicted octanol–water partition coefficient (Wildman–Crippen LogP) is 3.76. The van der Waals surface area contributed by atoms with E-state index in [1.807, 2.05) is 26.0 Å². The number of anilines is 1. The number of aryl methyl sites for hydroxylation is 2. The fraction of sp³-hybridized carbons (Fsp3) is 0.320. The Kier molecular flexibility index (Phi) is 7.20. The second kappa shape index (κ2) is 10.3. The van der Waals surface area contributed by atoms with E-state index < -0.39 is 5.54 Å². The van der Waals surface area contributed by atoms with Gasteiger partial charge < -0.3 is 19.7 Å². The number of carbonyl (C=O) groups excluding carboxylic acids is 2. The molecule has 1 aliphatic heterocycles. The first kappa shape index (κ1) is 24.5. The van der Waals surface area contributed by atoms with Crippen LogP contribution in [0.15, 0.2) is 53.9 Å². The molecule has 0 fully saturated rings. The van der Waals surface area contributed by atoms with Crippen LogP contribution in [0.2, 0.25) is 0 Å². The summed E-state index contributed by atoms with van der Waals surface area (Å²) in [5.41, 5.74) is 1.87. The summed E-state index contributed by atoms with van der Waals surface area (Å²) in [6, 6.07) is 10.7. The SMILES string of the molecule is Cc1cc(C)nc(SCC(=O)N(Cc2cccnc2)C(C)(C)C(=O)Nc2ccc3c(c2)OCO3)n1. The van der Waals surface area contributed by atoms with Crippen molar-refractivity contribution in [3.05, 3.63) is 65.7 Å². The van der Waals surface area contributed by atoms with E-state index in [1.165, 1.54) is 11.8 Å². The van der Waals surface area contributed by atoms with E-state index in [0.717, 1.165) is 17.0 Å². The Balaban J connectivity index is 1.53. The highest BCUT2D eigenvalue weighted by atomic mass is 32.2. The fourth-order valence-corrected chi connectivity index (χ4v) is 4.44. The molecule has 0 spiro atoms. The van der Waals surface area contributed by atoms with E-state index in [9.17, 15) is 9.59 Å². The van der Waals surface area contributed by atoms with E-state index in [2.05, 4.69) is 20.3 Å². The lowest BCUT2D eigenvalue weighted by Gasteiger charge is -2.37. The van der Waals surface area contributed by atoms with Gasteiger partial charge in [-0.1, -0.05) is 17.8 Å². The molecule has 10 heteroatoms. The van der Waals surface area contributed by atoms with Gasteiger partial charge in [0.2, 0.25) is 18.6 Å². The lowest BCUT2D eigenvalue weighted by atomic mass is 10.00. The largest absolute Gasteiger partial charge is 0.454 e. The van der Waals surface area contributed by atoms with Crippen LogP contribution in [0.5, 0.6) is 11.5 Å². The quantitative estimate of drug-likeness (QED) is 0.374. The van der Waals surface area contributed by atoms with Crippen LogP contribution in [0.1, 0.15) is 30.8 Å². The second-order valence-electron chi connectivity index (χ2n) is 8.64. The number of hydrogen-bond acceptors (Lipinski definition) is 8. The molecule has 2 aromatic heterocycles. The lowest BCUT2D eigenvalue weighted by molar-refractivity contribution is -0.142. The number of amides is 2. The molecule has 1 aliphatic rings. The lowest BCUT2D eigenvalue weighted by Crippen LogP contribution is -2.55.